The normalized spacial score (nSPS) is 21.7. The molecule has 1 unspecified atom stereocenters. The Balaban J connectivity index is 1.83. The summed E-state index contributed by atoms with van der Waals surface area (Å²) in [6, 6.07) is 8.00. The summed E-state index contributed by atoms with van der Waals surface area (Å²) in [6.07, 6.45) is 2.01. The van der Waals surface area contributed by atoms with E-state index in [2.05, 4.69) is 39.9 Å². The second kappa shape index (κ2) is 9.69. The van der Waals surface area contributed by atoms with Gasteiger partial charge in [0.15, 0.2) is 0 Å². The average Bonchev–Trinajstić information content (AvgIpc) is 2.76. The number of carbonyl (C=O) groups excluding carboxylic acids is 1. The zero-order chi connectivity index (χ0) is 27.3. The van der Waals surface area contributed by atoms with Gasteiger partial charge >= 0.3 is 0 Å². The van der Waals surface area contributed by atoms with Gasteiger partial charge in [0.1, 0.15) is 58.6 Å². The Kier molecular flexibility index (Phi) is 7.83. The van der Waals surface area contributed by atoms with Gasteiger partial charge in [0.2, 0.25) is 0 Å². The molecule has 1 aromatic carbocycles. The smallest absolute Gasteiger partial charge is 0.253 e. The van der Waals surface area contributed by atoms with Gasteiger partial charge in [0.05, 0.1) is 34.3 Å². The molecule has 2 aromatic rings. The van der Waals surface area contributed by atoms with Gasteiger partial charge in [-0.3, -0.25) is 9.78 Å². The van der Waals surface area contributed by atoms with Crippen molar-refractivity contribution in [1.82, 2.24) is 15.2 Å². The first kappa shape index (κ1) is 29.1. The second-order valence-corrected chi connectivity index (χ2v) is 13.4. The predicted octanol–water partition coefficient (Wildman–Crippen LogP) is -5.55. The Morgan fingerprint density at radius 2 is 1.75 bits per heavy atom. The molecular formula is C20H31B9ClF2N3O. The van der Waals surface area contributed by atoms with E-state index in [0.29, 0.717) is 12.1 Å². The van der Waals surface area contributed by atoms with Crippen molar-refractivity contribution < 1.29 is 13.6 Å². The molecule has 1 saturated heterocycles. The fourth-order valence-electron chi connectivity index (χ4n) is 5.29. The van der Waals surface area contributed by atoms with Crippen LogP contribution in [-0.2, 0) is 11.7 Å². The molecule has 1 amide bonds. The maximum atomic E-state index is 17.2. The first-order valence-electron chi connectivity index (χ1n) is 12.5. The Bertz CT molecular complexity index is 1150. The van der Waals surface area contributed by atoms with Gasteiger partial charge in [-0.1, -0.05) is 22.8 Å². The van der Waals surface area contributed by atoms with Crippen LogP contribution < -0.4 is 5.32 Å². The second-order valence-electron chi connectivity index (χ2n) is 13.0. The number of pyridine rings is 1. The zero-order valence-electron chi connectivity index (χ0n) is 23.0. The topological polar surface area (TPSA) is 45.2 Å². The highest BCUT2D eigenvalue weighted by Gasteiger charge is 2.61. The molecular weight excluding hydrogens is 469 g/mol. The summed E-state index contributed by atoms with van der Waals surface area (Å²) in [5.41, 5.74) is 0.637. The Morgan fingerprint density at radius 1 is 1.11 bits per heavy atom. The molecule has 0 spiro atoms. The van der Waals surface area contributed by atoms with Gasteiger partial charge in [0, 0.05) is 24.8 Å². The van der Waals surface area contributed by atoms with E-state index >= 15 is 4.39 Å². The fourth-order valence-corrected chi connectivity index (χ4v) is 5.47. The summed E-state index contributed by atoms with van der Waals surface area (Å²) in [5.74, 6) is -0.865. The zero-order valence-corrected chi connectivity index (χ0v) is 23.8. The minimum Gasteiger partial charge on any atom is -0.350 e. The third-order valence-electron chi connectivity index (χ3n) is 7.84. The van der Waals surface area contributed by atoms with Crippen molar-refractivity contribution in [3.8, 4) is 0 Å². The third kappa shape index (κ3) is 5.52. The minimum atomic E-state index is -1.65. The summed E-state index contributed by atoms with van der Waals surface area (Å²) < 4.78 is 30.9. The molecule has 0 radical (unpaired) electrons. The lowest BCUT2D eigenvalue weighted by atomic mass is 9.31. The van der Waals surface area contributed by atoms with Crippen molar-refractivity contribution in [2.75, 3.05) is 6.54 Å². The molecule has 180 valence electrons. The number of benzene rings is 1. The van der Waals surface area contributed by atoms with Gasteiger partial charge in [0.25, 0.3) is 5.91 Å². The van der Waals surface area contributed by atoms with Crippen molar-refractivity contribution in [3.63, 3.8) is 0 Å². The summed E-state index contributed by atoms with van der Waals surface area (Å²) >= 11 is 5.93. The Hall–Kier alpha value is -1.47. The Morgan fingerprint density at radius 3 is 2.28 bits per heavy atom. The van der Waals surface area contributed by atoms with Gasteiger partial charge in [-0.15, -0.1) is 0 Å². The molecule has 36 heavy (non-hydrogen) atoms. The van der Waals surface area contributed by atoms with Crippen molar-refractivity contribution >= 4 is 88.1 Å². The molecule has 1 aromatic heterocycles. The number of nitrogens with zero attached hydrogens (tertiary/aromatic N) is 2. The number of likely N-dealkylation sites (tertiary alicyclic amines) is 1. The quantitative estimate of drug-likeness (QED) is 0.403. The molecule has 0 saturated carbocycles. The standard InChI is InChI=1S/C20H31B9ClF2N3O/c21-17(22)9-35(15(36)10-1-4-14(31)13(30)5-10)18(23,24)8-16(17,32)20(28,29)34-7-12-3-2-11(6-33-12)19(25,26)27/h1-6,34H,7-9,21-29H2. The first-order chi connectivity index (χ1) is 16.3. The molecule has 0 bridgehead atoms. The molecule has 16 heteroatoms. The predicted molar refractivity (Wildman–Crippen MR) is 169 cm³/mol. The van der Waals surface area contributed by atoms with Crippen molar-refractivity contribution in [1.29, 1.82) is 0 Å². The monoisotopic (exact) mass is 501 g/mol. The van der Waals surface area contributed by atoms with E-state index in [1.165, 1.54) is 18.2 Å². The number of amides is 1. The highest BCUT2D eigenvalue weighted by Crippen LogP contribution is 2.52. The summed E-state index contributed by atoms with van der Waals surface area (Å²) in [5, 5.41) is 0.767. The highest BCUT2D eigenvalue weighted by molar-refractivity contribution is 6.58. The van der Waals surface area contributed by atoms with E-state index in [1.807, 2.05) is 59.3 Å². The number of halogens is 3. The Labute approximate surface area is 226 Å². The van der Waals surface area contributed by atoms with Crippen molar-refractivity contribution in [2.45, 2.75) is 39.6 Å². The summed E-state index contributed by atoms with van der Waals surface area (Å²) in [6.45, 7) is 0.629. The first-order valence-corrected chi connectivity index (χ1v) is 12.8. The van der Waals surface area contributed by atoms with Gasteiger partial charge < -0.3 is 10.2 Å². The van der Waals surface area contributed by atoms with E-state index in [-0.39, 0.29) is 29.0 Å². The van der Waals surface area contributed by atoms with Crippen LogP contribution in [0.5, 0.6) is 0 Å². The molecule has 1 aliphatic heterocycles. The number of alkyl halides is 1. The summed E-state index contributed by atoms with van der Waals surface area (Å²) in [7, 11) is 17.7. The van der Waals surface area contributed by atoms with Crippen LogP contribution in [0.25, 0.3) is 0 Å². The highest BCUT2D eigenvalue weighted by atomic mass is 35.5. The maximum Gasteiger partial charge on any atom is 0.253 e. The number of piperidine rings is 1. The van der Waals surface area contributed by atoms with E-state index in [1.54, 1.807) is 4.90 Å². The maximum absolute atomic E-state index is 17.2. The molecule has 0 aliphatic carbocycles. The van der Waals surface area contributed by atoms with E-state index in [4.69, 9.17) is 11.6 Å². The average molecular weight is 500 g/mol. The largest absolute Gasteiger partial charge is 0.350 e. The molecule has 1 fully saturated rings. The van der Waals surface area contributed by atoms with Crippen LogP contribution >= 0.6 is 11.6 Å². The molecule has 1 aliphatic rings. The molecule has 4 nitrogen and oxygen atoms in total. The molecule has 1 atom stereocenters. The number of hydrogen-bond donors (Lipinski definition) is 1. The van der Waals surface area contributed by atoms with Crippen molar-refractivity contribution in [2.24, 2.45) is 0 Å². The summed E-state index contributed by atoms with van der Waals surface area (Å²) in [4.78, 5) is 19.7. The minimum absolute atomic E-state index is 0.0154. The fraction of sp³-hybridized carbons (Fsp3) is 0.400. The number of carbonyl (C=O) groups is 1. The molecule has 2 heterocycles. The molecule has 3 rings (SSSR count). The van der Waals surface area contributed by atoms with E-state index in [9.17, 15) is 9.18 Å². The van der Waals surface area contributed by atoms with Crippen LogP contribution in [0.3, 0.4) is 0 Å². The van der Waals surface area contributed by atoms with Crippen LogP contribution in [0.1, 0.15) is 28.0 Å². The SMILES string of the molecule is BC(B)(B)c1ccc(CNC(B)(B)C2(F)CC(B)(B)N(C(=O)c3ccc(F)c(Cl)c3)CC2(B)B)nc1. The van der Waals surface area contributed by atoms with Gasteiger partial charge in [-0.25, -0.2) is 8.78 Å². The third-order valence-corrected chi connectivity index (χ3v) is 8.13. The van der Waals surface area contributed by atoms with Crippen LogP contribution in [0, 0.1) is 5.82 Å². The lowest BCUT2D eigenvalue weighted by Gasteiger charge is -2.62. The van der Waals surface area contributed by atoms with Crippen molar-refractivity contribution in [3.05, 3.63) is 64.2 Å². The number of aromatic nitrogens is 1. The molecule has 1 N–H and O–H groups in total. The van der Waals surface area contributed by atoms with Gasteiger partial charge in [-0.2, -0.15) is 0 Å². The van der Waals surface area contributed by atoms with Crippen LogP contribution in [0.2, 0.25) is 10.2 Å². The van der Waals surface area contributed by atoms with E-state index in [0.717, 1.165) is 11.3 Å². The van der Waals surface area contributed by atoms with Crippen LogP contribution in [-0.4, -0.2) is 109 Å². The van der Waals surface area contributed by atoms with Crippen LogP contribution in [0.4, 0.5) is 8.78 Å². The lowest BCUT2D eigenvalue weighted by molar-refractivity contribution is -0.000699. The van der Waals surface area contributed by atoms with Crippen LogP contribution in [0.15, 0.2) is 36.5 Å². The van der Waals surface area contributed by atoms with Gasteiger partial charge in [-0.05, 0) is 52.1 Å². The lowest BCUT2D eigenvalue weighted by Crippen LogP contribution is -2.76. The van der Waals surface area contributed by atoms with E-state index < -0.39 is 27.4 Å². The number of hydrogen-bond acceptors (Lipinski definition) is 3. The number of rotatable bonds is 6. The number of nitrogens with one attached hydrogen (secondary N) is 1.